The van der Waals surface area contributed by atoms with Crippen molar-refractivity contribution in [1.82, 2.24) is 5.32 Å². The second-order valence-electron chi connectivity index (χ2n) is 5.83. The van der Waals surface area contributed by atoms with Gasteiger partial charge in [0.1, 0.15) is 5.75 Å². The molecule has 0 bridgehead atoms. The molecule has 2 amide bonds. The molecule has 0 fully saturated rings. The number of carbonyl (C=O) groups excluding carboxylic acids is 2. The highest BCUT2D eigenvalue weighted by atomic mass is 16.5. The van der Waals surface area contributed by atoms with Gasteiger partial charge < -0.3 is 15.4 Å². The van der Waals surface area contributed by atoms with Crippen molar-refractivity contribution in [2.75, 3.05) is 18.5 Å². The first-order valence-corrected chi connectivity index (χ1v) is 7.14. The van der Waals surface area contributed by atoms with Crippen molar-refractivity contribution in [3.63, 3.8) is 0 Å². The van der Waals surface area contributed by atoms with Crippen LogP contribution in [0.4, 0.5) is 5.69 Å². The lowest BCUT2D eigenvalue weighted by molar-refractivity contribution is -0.130. The van der Waals surface area contributed by atoms with E-state index in [0.717, 1.165) is 6.42 Å². The molecule has 2 N–H and O–H groups in total. The highest BCUT2D eigenvalue weighted by Crippen LogP contribution is 2.23. The second-order valence-corrected chi connectivity index (χ2v) is 5.83. The standard InChI is InChI=1S/C16H24N2O3/c1-5-10-21-13-9-7-6-8-12(13)18-14(19)11-17-15(20)16(2,3)4/h6-9H,5,10-11H2,1-4H3,(H,17,20)(H,18,19). The van der Waals surface area contributed by atoms with Crippen molar-refractivity contribution in [2.24, 2.45) is 5.41 Å². The Kier molecular flexibility index (Phi) is 6.21. The van der Waals surface area contributed by atoms with Gasteiger partial charge in [-0.15, -0.1) is 0 Å². The molecule has 5 nitrogen and oxygen atoms in total. The van der Waals surface area contributed by atoms with Crippen LogP contribution in [0.25, 0.3) is 0 Å². The fourth-order valence-electron chi connectivity index (χ4n) is 1.53. The van der Waals surface area contributed by atoms with Gasteiger partial charge in [0, 0.05) is 5.41 Å². The molecule has 0 unspecified atom stereocenters. The summed E-state index contributed by atoms with van der Waals surface area (Å²) >= 11 is 0. The van der Waals surface area contributed by atoms with E-state index in [2.05, 4.69) is 10.6 Å². The summed E-state index contributed by atoms with van der Waals surface area (Å²) in [4.78, 5) is 23.6. The maximum atomic E-state index is 11.9. The number of nitrogens with one attached hydrogen (secondary N) is 2. The molecule has 1 aromatic rings. The topological polar surface area (TPSA) is 67.4 Å². The van der Waals surface area contributed by atoms with Crippen molar-refractivity contribution in [3.8, 4) is 5.75 Å². The molecule has 0 aliphatic rings. The predicted molar refractivity (Wildman–Crippen MR) is 83.3 cm³/mol. The van der Waals surface area contributed by atoms with Crippen LogP contribution in [0.5, 0.6) is 5.75 Å². The molecule has 0 heterocycles. The molecular formula is C16H24N2O3. The minimum absolute atomic E-state index is 0.0573. The van der Waals surface area contributed by atoms with E-state index in [1.54, 1.807) is 32.9 Å². The third kappa shape index (κ3) is 5.85. The summed E-state index contributed by atoms with van der Waals surface area (Å²) in [5.74, 6) is 0.197. The van der Waals surface area contributed by atoms with Gasteiger partial charge in [0.25, 0.3) is 0 Å². The van der Waals surface area contributed by atoms with Gasteiger partial charge >= 0.3 is 0 Å². The summed E-state index contributed by atoms with van der Waals surface area (Å²) in [7, 11) is 0. The molecule has 0 spiro atoms. The zero-order valence-corrected chi connectivity index (χ0v) is 13.2. The van der Waals surface area contributed by atoms with Gasteiger partial charge in [-0.1, -0.05) is 39.8 Å². The van der Waals surface area contributed by atoms with Gasteiger partial charge in [-0.3, -0.25) is 9.59 Å². The summed E-state index contributed by atoms with van der Waals surface area (Å²) in [5, 5.41) is 5.36. The van der Waals surface area contributed by atoms with E-state index in [4.69, 9.17) is 4.74 Å². The SMILES string of the molecule is CCCOc1ccccc1NC(=O)CNC(=O)C(C)(C)C. The Hall–Kier alpha value is -2.04. The van der Waals surface area contributed by atoms with Crippen LogP contribution in [-0.4, -0.2) is 25.0 Å². The van der Waals surface area contributed by atoms with Crippen LogP contribution in [0.3, 0.4) is 0 Å². The van der Waals surface area contributed by atoms with Crippen LogP contribution in [0.1, 0.15) is 34.1 Å². The Balaban J connectivity index is 2.57. The average molecular weight is 292 g/mol. The van der Waals surface area contributed by atoms with Gasteiger partial charge in [-0.05, 0) is 18.6 Å². The molecule has 0 saturated carbocycles. The molecule has 1 aromatic carbocycles. The van der Waals surface area contributed by atoms with E-state index in [9.17, 15) is 9.59 Å². The number of amides is 2. The fourth-order valence-corrected chi connectivity index (χ4v) is 1.53. The molecule has 0 aliphatic heterocycles. The number of rotatable bonds is 6. The molecule has 0 atom stereocenters. The zero-order chi connectivity index (χ0) is 15.9. The summed E-state index contributed by atoms with van der Waals surface area (Å²) in [5.41, 5.74) is 0.101. The van der Waals surface area contributed by atoms with Crippen molar-refractivity contribution in [3.05, 3.63) is 24.3 Å². The minimum atomic E-state index is -0.511. The number of anilines is 1. The van der Waals surface area contributed by atoms with E-state index in [-0.39, 0.29) is 18.4 Å². The molecule has 116 valence electrons. The Bertz CT molecular complexity index is 493. The normalized spacial score (nSPS) is 10.9. The monoisotopic (exact) mass is 292 g/mol. The molecule has 0 saturated heterocycles. The van der Waals surface area contributed by atoms with Crippen LogP contribution in [0.15, 0.2) is 24.3 Å². The number of hydrogen-bond acceptors (Lipinski definition) is 3. The lowest BCUT2D eigenvalue weighted by Crippen LogP contribution is -2.39. The van der Waals surface area contributed by atoms with Crippen LogP contribution in [0, 0.1) is 5.41 Å². The Labute approximate surface area is 126 Å². The van der Waals surface area contributed by atoms with E-state index in [0.29, 0.717) is 18.0 Å². The summed E-state index contributed by atoms with van der Waals surface area (Å²) in [6.45, 7) is 7.95. The maximum Gasteiger partial charge on any atom is 0.243 e. The first-order chi connectivity index (χ1) is 9.84. The molecule has 21 heavy (non-hydrogen) atoms. The number of para-hydroxylation sites is 2. The van der Waals surface area contributed by atoms with Crippen molar-refractivity contribution in [1.29, 1.82) is 0 Å². The summed E-state index contributed by atoms with van der Waals surface area (Å²) < 4.78 is 5.56. The van der Waals surface area contributed by atoms with E-state index < -0.39 is 5.41 Å². The fraction of sp³-hybridized carbons (Fsp3) is 0.500. The van der Waals surface area contributed by atoms with Crippen LogP contribution >= 0.6 is 0 Å². The van der Waals surface area contributed by atoms with Crippen LogP contribution < -0.4 is 15.4 Å². The first-order valence-electron chi connectivity index (χ1n) is 7.14. The smallest absolute Gasteiger partial charge is 0.243 e. The van der Waals surface area contributed by atoms with Crippen molar-refractivity contribution >= 4 is 17.5 Å². The highest BCUT2D eigenvalue weighted by molar-refractivity contribution is 5.96. The van der Waals surface area contributed by atoms with E-state index >= 15 is 0 Å². The zero-order valence-electron chi connectivity index (χ0n) is 13.2. The molecular weight excluding hydrogens is 268 g/mol. The Morgan fingerprint density at radius 2 is 1.86 bits per heavy atom. The lowest BCUT2D eigenvalue weighted by Gasteiger charge is -2.17. The molecule has 0 aromatic heterocycles. The van der Waals surface area contributed by atoms with Gasteiger partial charge in [0.15, 0.2) is 0 Å². The number of benzene rings is 1. The maximum absolute atomic E-state index is 11.9. The molecule has 0 aliphatic carbocycles. The van der Waals surface area contributed by atoms with Gasteiger partial charge in [-0.2, -0.15) is 0 Å². The summed E-state index contributed by atoms with van der Waals surface area (Å²) in [6, 6.07) is 7.25. The average Bonchev–Trinajstić information content (AvgIpc) is 2.42. The Morgan fingerprint density at radius 3 is 2.48 bits per heavy atom. The number of carbonyl (C=O) groups is 2. The highest BCUT2D eigenvalue weighted by Gasteiger charge is 2.21. The Morgan fingerprint density at radius 1 is 1.19 bits per heavy atom. The first kappa shape index (κ1) is 17.0. The van der Waals surface area contributed by atoms with Crippen LogP contribution in [-0.2, 0) is 9.59 Å². The predicted octanol–water partition coefficient (Wildman–Crippen LogP) is 2.58. The van der Waals surface area contributed by atoms with Crippen molar-refractivity contribution < 1.29 is 14.3 Å². The lowest BCUT2D eigenvalue weighted by atomic mass is 9.96. The number of ether oxygens (including phenoxy) is 1. The van der Waals surface area contributed by atoms with Gasteiger partial charge in [0.2, 0.25) is 11.8 Å². The van der Waals surface area contributed by atoms with Crippen molar-refractivity contribution in [2.45, 2.75) is 34.1 Å². The second kappa shape index (κ2) is 7.67. The molecule has 0 radical (unpaired) electrons. The molecule has 1 rings (SSSR count). The van der Waals surface area contributed by atoms with Gasteiger partial charge in [0.05, 0.1) is 18.8 Å². The number of hydrogen-bond donors (Lipinski definition) is 2. The van der Waals surface area contributed by atoms with E-state index in [1.165, 1.54) is 0 Å². The minimum Gasteiger partial charge on any atom is -0.491 e. The largest absolute Gasteiger partial charge is 0.491 e. The third-order valence-electron chi connectivity index (χ3n) is 2.71. The third-order valence-corrected chi connectivity index (χ3v) is 2.71. The van der Waals surface area contributed by atoms with Crippen LogP contribution in [0.2, 0.25) is 0 Å². The molecule has 5 heteroatoms. The van der Waals surface area contributed by atoms with Gasteiger partial charge in [-0.25, -0.2) is 0 Å². The van der Waals surface area contributed by atoms with E-state index in [1.807, 2.05) is 19.1 Å². The summed E-state index contributed by atoms with van der Waals surface area (Å²) in [6.07, 6.45) is 0.893. The quantitative estimate of drug-likeness (QED) is 0.847.